The second-order valence-corrected chi connectivity index (χ2v) is 7.64. The normalized spacial score (nSPS) is 12.3. The number of ether oxygens (including phenoxy) is 2. The van der Waals surface area contributed by atoms with Crippen LogP contribution in [0.1, 0.15) is 19.4 Å². The number of carbonyl (C=O) groups excluding carboxylic acids is 1. The summed E-state index contributed by atoms with van der Waals surface area (Å²) >= 11 is 0. The highest BCUT2D eigenvalue weighted by atomic mass is 32.2. The van der Waals surface area contributed by atoms with Gasteiger partial charge in [-0.1, -0.05) is 6.07 Å². The summed E-state index contributed by atoms with van der Waals surface area (Å²) in [7, 11) is -2.33. The van der Waals surface area contributed by atoms with Crippen molar-refractivity contribution in [2.45, 2.75) is 31.7 Å². The van der Waals surface area contributed by atoms with Crippen molar-refractivity contribution in [3.63, 3.8) is 0 Å². The van der Waals surface area contributed by atoms with Crippen molar-refractivity contribution in [1.82, 2.24) is 4.72 Å². The molecule has 0 bridgehead atoms. The highest BCUT2D eigenvalue weighted by molar-refractivity contribution is 7.89. The molecule has 0 saturated heterocycles. The van der Waals surface area contributed by atoms with Crippen molar-refractivity contribution in [2.75, 3.05) is 19.0 Å². The number of anilines is 1. The van der Waals surface area contributed by atoms with Crippen LogP contribution in [0.3, 0.4) is 0 Å². The number of rotatable bonds is 8. The van der Waals surface area contributed by atoms with Crippen molar-refractivity contribution >= 4 is 21.6 Å². The highest BCUT2D eigenvalue weighted by Crippen LogP contribution is 2.22. The number of aryl methyl sites for hydroxylation is 1. The standard InChI is InChI=1S/C19H24N2O5S/c1-5-26-18-10-9-17(11-13(18)2)27(23,24)21-14(3)19(22)20-15-7-6-8-16(12-15)25-4/h6-12,14,21H,5H2,1-4H3,(H,20,22)/t14-/m0/s1. The summed E-state index contributed by atoms with van der Waals surface area (Å²) in [4.78, 5) is 12.4. The number of hydrogen-bond acceptors (Lipinski definition) is 5. The molecule has 7 nitrogen and oxygen atoms in total. The van der Waals surface area contributed by atoms with Crippen LogP contribution >= 0.6 is 0 Å². The molecule has 0 heterocycles. The van der Waals surface area contributed by atoms with E-state index >= 15 is 0 Å². The maximum absolute atomic E-state index is 12.6. The molecule has 27 heavy (non-hydrogen) atoms. The average molecular weight is 392 g/mol. The van der Waals surface area contributed by atoms with Crippen molar-refractivity contribution < 1.29 is 22.7 Å². The lowest BCUT2D eigenvalue weighted by Crippen LogP contribution is -2.41. The first-order chi connectivity index (χ1) is 12.8. The molecule has 0 radical (unpaired) electrons. The molecule has 0 spiro atoms. The molecule has 2 aromatic rings. The molecule has 0 aliphatic heterocycles. The predicted octanol–water partition coefficient (Wildman–Crippen LogP) is 2.71. The molecule has 2 aromatic carbocycles. The molecule has 8 heteroatoms. The number of hydrogen-bond donors (Lipinski definition) is 2. The molecule has 2 N–H and O–H groups in total. The number of nitrogens with one attached hydrogen (secondary N) is 2. The van der Waals surface area contributed by atoms with E-state index in [0.29, 0.717) is 29.4 Å². The second kappa shape index (κ2) is 8.88. The SMILES string of the molecule is CCOc1ccc(S(=O)(=O)N[C@@H](C)C(=O)Nc2cccc(OC)c2)cc1C. The van der Waals surface area contributed by atoms with Crippen LogP contribution < -0.4 is 19.5 Å². The van der Waals surface area contributed by atoms with E-state index in [1.807, 2.05) is 6.92 Å². The van der Waals surface area contributed by atoms with Crippen LogP contribution in [0, 0.1) is 6.92 Å². The van der Waals surface area contributed by atoms with E-state index in [4.69, 9.17) is 9.47 Å². The van der Waals surface area contributed by atoms with Crippen molar-refractivity contribution in [3.05, 3.63) is 48.0 Å². The predicted molar refractivity (Wildman–Crippen MR) is 104 cm³/mol. The first-order valence-corrected chi connectivity index (χ1v) is 9.96. The minimum absolute atomic E-state index is 0.0736. The maximum atomic E-state index is 12.6. The number of methoxy groups -OCH3 is 1. The summed E-state index contributed by atoms with van der Waals surface area (Å²) in [6.07, 6.45) is 0. The summed E-state index contributed by atoms with van der Waals surface area (Å²) < 4.78 is 38.0. The van der Waals surface area contributed by atoms with Gasteiger partial charge in [0.25, 0.3) is 0 Å². The van der Waals surface area contributed by atoms with Gasteiger partial charge >= 0.3 is 0 Å². The molecule has 146 valence electrons. The van der Waals surface area contributed by atoms with E-state index in [-0.39, 0.29) is 4.90 Å². The molecule has 1 amide bonds. The third-order valence-corrected chi connectivity index (χ3v) is 5.36. The Morgan fingerprint density at radius 1 is 1.19 bits per heavy atom. The zero-order chi connectivity index (χ0) is 20.0. The molecule has 1 atom stereocenters. The van der Waals surface area contributed by atoms with Crippen LogP contribution in [0.15, 0.2) is 47.4 Å². The van der Waals surface area contributed by atoms with Crippen LogP contribution in [-0.2, 0) is 14.8 Å². The summed E-state index contributed by atoms with van der Waals surface area (Å²) in [6, 6.07) is 10.4. The average Bonchev–Trinajstić information content (AvgIpc) is 2.63. The van der Waals surface area contributed by atoms with E-state index in [1.165, 1.54) is 26.2 Å². The van der Waals surface area contributed by atoms with Gasteiger partial charge in [0, 0.05) is 11.8 Å². The molecule has 0 aliphatic carbocycles. The Hall–Kier alpha value is -2.58. The molecule has 0 aliphatic rings. The summed E-state index contributed by atoms with van der Waals surface area (Å²) in [5.74, 6) is 0.737. The molecule has 0 aromatic heterocycles. The first kappa shape index (κ1) is 20.7. The van der Waals surface area contributed by atoms with Gasteiger partial charge in [0.1, 0.15) is 11.5 Å². The van der Waals surface area contributed by atoms with E-state index in [0.717, 1.165) is 0 Å². The largest absolute Gasteiger partial charge is 0.497 e. The van der Waals surface area contributed by atoms with Crippen molar-refractivity contribution in [3.8, 4) is 11.5 Å². The molecule has 2 rings (SSSR count). The molecule has 0 fully saturated rings. The number of amides is 1. The van der Waals surface area contributed by atoms with Crippen LogP contribution in [-0.4, -0.2) is 34.1 Å². The third kappa shape index (κ3) is 5.45. The lowest BCUT2D eigenvalue weighted by molar-refractivity contribution is -0.117. The van der Waals surface area contributed by atoms with Gasteiger partial charge in [-0.15, -0.1) is 0 Å². The van der Waals surface area contributed by atoms with Crippen molar-refractivity contribution in [2.24, 2.45) is 0 Å². The summed E-state index contributed by atoms with van der Waals surface area (Å²) in [5.41, 5.74) is 1.22. The Bertz CT molecular complexity index is 912. The van der Waals surface area contributed by atoms with Crippen LogP contribution in [0.25, 0.3) is 0 Å². The van der Waals surface area contributed by atoms with Gasteiger partial charge in [0.05, 0.1) is 24.7 Å². The minimum atomic E-state index is -3.85. The Labute approximate surface area is 159 Å². The van der Waals surface area contributed by atoms with E-state index in [2.05, 4.69) is 10.0 Å². The van der Waals surface area contributed by atoms with Gasteiger partial charge in [0.15, 0.2) is 0 Å². The van der Waals surface area contributed by atoms with Gasteiger partial charge < -0.3 is 14.8 Å². The molecule has 0 saturated carbocycles. The third-order valence-electron chi connectivity index (χ3n) is 3.82. The minimum Gasteiger partial charge on any atom is -0.497 e. The first-order valence-electron chi connectivity index (χ1n) is 8.47. The second-order valence-electron chi connectivity index (χ2n) is 5.92. The molecular weight excluding hydrogens is 368 g/mol. The highest BCUT2D eigenvalue weighted by Gasteiger charge is 2.23. The number of carbonyl (C=O) groups is 1. The van der Waals surface area contributed by atoms with Gasteiger partial charge in [-0.05, 0) is 56.7 Å². The fourth-order valence-corrected chi connectivity index (χ4v) is 3.70. The Morgan fingerprint density at radius 3 is 2.56 bits per heavy atom. The lowest BCUT2D eigenvalue weighted by atomic mass is 10.2. The fourth-order valence-electron chi connectivity index (χ4n) is 2.41. The quantitative estimate of drug-likeness (QED) is 0.720. The zero-order valence-electron chi connectivity index (χ0n) is 15.8. The lowest BCUT2D eigenvalue weighted by Gasteiger charge is -2.16. The van der Waals surface area contributed by atoms with Crippen molar-refractivity contribution in [1.29, 1.82) is 0 Å². The van der Waals surface area contributed by atoms with E-state index in [1.54, 1.807) is 37.3 Å². The fraction of sp³-hybridized carbons (Fsp3) is 0.316. The Morgan fingerprint density at radius 2 is 1.93 bits per heavy atom. The van der Waals surface area contributed by atoms with Gasteiger partial charge in [0.2, 0.25) is 15.9 Å². The van der Waals surface area contributed by atoms with Gasteiger partial charge in [-0.3, -0.25) is 4.79 Å². The monoisotopic (exact) mass is 392 g/mol. The molecular formula is C19H24N2O5S. The van der Waals surface area contributed by atoms with E-state index < -0.39 is 22.0 Å². The topological polar surface area (TPSA) is 93.7 Å². The number of benzene rings is 2. The smallest absolute Gasteiger partial charge is 0.242 e. The number of sulfonamides is 1. The zero-order valence-corrected chi connectivity index (χ0v) is 16.6. The Kier molecular flexibility index (Phi) is 6.81. The molecule has 0 unspecified atom stereocenters. The van der Waals surface area contributed by atoms with Crippen LogP contribution in [0.2, 0.25) is 0 Å². The van der Waals surface area contributed by atoms with E-state index in [9.17, 15) is 13.2 Å². The summed E-state index contributed by atoms with van der Waals surface area (Å²) in [6.45, 7) is 5.60. The summed E-state index contributed by atoms with van der Waals surface area (Å²) in [5, 5.41) is 2.66. The maximum Gasteiger partial charge on any atom is 0.242 e. The Balaban J connectivity index is 2.09. The van der Waals surface area contributed by atoms with Crippen LogP contribution in [0.4, 0.5) is 5.69 Å². The van der Waals surface area contributed by atoms with Gasteiger partial charge in [-0.25, -0.2) is 8.42 Å². The van der Waals surface area contributed by atoms with Gasteiger partial charge in [-0.2, -0.15) is 4.72 Å². The van der Waals surface area contributed by atoms with Crippen LogP contribution in [0.5, 0.6) is 11.5 Å².